The van der Waals surface area contributed by atoms with Crippen molar-refractivity contribution < 1.29 is 5.11 Å². The number of hydrogen-bond acceptors (Lipinski definition) is 2. The lowest BCUT2D eigenvalue weighted by Crippen LogP contribution is -2.27. The summed E-state index contributed by atoms with van der Waals surface area (Å²) < 4.78 is 1.92. The van der Waals surface area contributed by atoms with Crippen molar-refractivity contribution in [2.24, 2.45) is 0 Å². The summed E-state index contributed by atoms with van der Waals surface area (Å²) in [5.41, 5.74) is 1.16. The van der Waals surface area contributed by atoms with E-state index in [1.807, 2.05) is 24.0 Å². The van der Waals surface area contributed by atoms with Crippen LogP contribution in [0.5, 0.6) is 0 Å². The Balaban J connectivity index is 2.14. The highest BCUT2D eigenvalue weighted by atomic mass is 16.3. The molecule has 3 nitrogen and oxygen atoms in total. The molecule has 0 aliphatic heterocycles. The van der Waals surface area contributed by atoms with E-state index in [0.29, 0.717) is 0 Å². The minimum Gasteiger partial charge on any atom is -0.391 e. The molecule has 1 aliphatic rings. The van der Waals surface area contributed by atoms with Crippen LogP contribution in [-0.2, 0) is 0 Å². The SMILES string of the molecule is Cc1cnn([C@H]2CCCC[C@@H]2O)c1. The van der Waals surface area contributed by atoms with Gasteiger partial charge in [-0.2, -0.15) is 5.10 Å². The van der Waals surface area contributed by atoms with Crippen molar-refractivity contribution in [3.05, 3.63) is 18.0 Å². The summed E-state index contributed by atoms with van der Waals surface area (Å²) in [5, 5.41) is 14.0. The molecule has 1 aliphatic carbocycles. The smallest absolute Gasteiger partial charge is 0.0778 e. The van der Waals surface area contributed by atoms with E-state index in [-0.39, 0.29) is 12.1 Å². The van der Waals surface area contributed by atoms with E-state index in [2.05, 4.69) is 5.10 Å². The van der Waals surface area contributed by atoms with E-state index in [1.54, 1.807) is 0 Å². The first-order valence-corrected chi connectivity index (χ1v) is 4.96. The van der Waals surface area contributed by atoms with Gasteiger partial charge in [-0.1, -0.05) is 12.8 Å². The second kappa shape index (κ2) is 3.50. The van der Waals surface area contributed by atoms with Gasteiger partial charge in [-0.25, -0.2) is 0 Å². The Kier molecular flexibility index (Phi) is 2.36. The maximum atomic E-state index is 9.77. The van der Waals surface area contributed by atoms with Crippen molar-refractivity contribution in [2.45, 2.75) is 44.8 Å². The molecule has 0 bridgehead atoms. The zero-order valence-corrected chi connectivity index (χ0v) is 7.98. The van der Waals surface area contributed by atoms with Crippen molar-refractivity contribution in [1.29, 1.82) is 0 Å². The molecular formula is C10H16N2O. The first kappa shape index (κ1) is 8.75. The third-order valence-corrected chi connectivity index (χ3v) is 2.76. The third-order valence-electron chi connectivity index (χ3n) is 2.76. The summed E-state index contributed by atoms with van der Waals surface area (Å²) in [5.74, 6) is 0. The molecule has 1 saturated carbocycles. The summed E-state index contributed by atoms with van der Waals surface area (Å²) >= 11 is 0. The summed E-state index contributed by atoms with van der Waals surface area (Å²) in [7, 11) is 0. The molecule has 2 rings (SSSR count). The van der Waals surface area contributed by atoms with Gasteiger partial charge in [0.05, 0.1) is 18.3 Å². The fourth-order valence-electron chi connectivity index (χ4n) is 2.01. The van der Waals surface area contributed by atoms with Gasteiger partial charge in [-0.05, 0) is 25.3 Å². The largest absolute Gasteiger partial charge is 0.391 e. The molecule has 1 heterocycles. The lowest BCUT2D eigenvalue weighted by Gasteiger charge is -2.27. The highest BCUT2D eigenvalue weighted by Gasteiger charge is 2.24. The number of aliphatic hydroxyl groups excluding tert-OH is 1. The summed E-state index contributed by atoms with van der Waals surface area (Å²) in [4.78, 5) is 0. The molecule has 0 spiro atoms. The van der Waals surface area contributed by atoms with E-state index in [1.165, 1.54) is 6.42 Å². The van der Waals surface area contributed by atoms with Gasteiger partial charge >= 0.3 is 0 Å². The second-order valence-electron chi connectivity index (χ2n) is 3.92. The quantitative estimate of drug-likeness (QED) is 0.713. The van der Waals surface area contributed by atoms with Crippen LogP contribution < -0.4 is 0 Å². The van der Waals surface area contributed by atoms with Crippen LogP contribution in [0.1, 0.15) is 37.3 Å². The molecule has 0 aromatic carbocycles. The molecule has 1 aromatic rings. The predicted molar refractivity (Wildman–Crippen MR) is 50.5 cm³/mol. The molecule has 1 N–H and O–H groups in total. The van der Waals surface area contributed by atoms with Crippen molar-refractivity contribution in [2.75, 3.05) is 0 Å². The Morgan fingerprint density at radius 2 is 2.23 bits per heavy atom. The Hall–Kier alpha value is -0.830. The van der Waals surface area contributed by atoms with Gasteiger partial charge in [0.2, 0.25) is 0 Å². The molecule has 1 fully saturated rings. The van der Waals surface area contributed by atoms with Crippen molar-refractivity contribution in [1.82, 2.24) is 9.78 Å². The molecule has 72 valence electrons. The minimum atomic E-state index is -0.201. The van der Waals surface area contributed by atoms with Crippen LogP contribution in [0.25, 0.3) is 0 Å². The Bertz CT molecular complexity index is 282. The average Bonchev–Trinajstić information content (AvgIpc) is 2.53. The van der Waals surface area contributed by atoms with Crippen molar-refractivity contribution >= 4 is 0 Å². The van der Waals surface area contributed by atoms with Crippen LogP contribution in [0.4, 0.5) is 0 Å². The fraction of sp³-hybridized carbons (Fsp3) is 0.700. The molecule has 0 radical (unpaired) electrons. The second-order valence-corrected chi connectivity index (χ2v) is 3.92. The van der Waals surface area contributed by atoms with Crippen LogP contribution >= 0.6 is 0 Å². The van der Waals surface area contributed by atoms with Crippen molar-refractivity contribution in [3.8, 4) is 0 Å². The maximum Gasteiger partial charge on any atom is 0.0778 e. The van der Waals surface area contributed by atoms with Gasteiger partial charge in [0.1, 0.15) is 0 Å². The topological polar surface area (TPSA) is 38.0 Å². The summed E-state index contributed by atoms with van der Waals surface area (Å²) in [6, 6.07) is 0.211. The van der Waals surface area contributed by atoms with E-state index in [4.69, 9.17) is 0 Å². The van der Waals surface area contributed by atoms with Gasteiger partial charge in [0.15, 0.2) is 0 Å². The Morgan fingerprint density at radius 3 is 2.85 bits per heavy atom. The number of aryl methyl sites for hydroxylation is 1. The number of aromatic nitrogens is 2. The maximum absolute atomic E-state index is 9.77. The Labute approximate surface area is 78.4 Å². The van der Waals surface area contributed by atoms with Crippen LogP contribution in [-0.4, -0.2) is 21.0 Å². The van der Waals surface area contributed by atoms with Gasteiger partial charge in [0, 0.05) is 6.20 Å². The summed E-state index contributed by atoms with van der Waals surface area (Å²) in [6.07, 6.45) is 8.00. The van der Waals surface area contributed by atoms with E-state index in [9.17, 15) is 5.11 Å². The molecule has 3 heteroatoms. The monoisotopic (exact) mass is 180 g/mol. The molecule has 1 aromatic heterocycles. The molecule has 2 atom stereocenters. The highest BCUT2D eigenvalue weighted by Crippen LogP contribution is 2.27. The van der Waals surface area contributed by atoms with E-state index < -0.39 is 0 Å². The molecular weight excluding hydrogens is 164 g/mol. The Morgan fingerprint density at radius 1 is 1.46 bits per heavy atom. The zero-order chi connectivity index (χ0) is 9.26. The predicted octanol–water partition coefficient (Wildman–Crippen LogP) is 1.67. The van der Waals surface area contributed by atoms with E-state index in [0.717, 1.165) is 24.8 Å². The molecule has 0 amide bonds. The van der Waals surface area contributed by atoms with Gasteiger partial charge in [0.25, 0.3) is 0 Å². The van der Waals surface area contributed by atoms with Crippen molar-refractivity contribution in [3.63, 3.8) is 0 Å². The first-order valence-electron chi connectivity index (χ1n) is 4.96. The van der Waals surface area contributed by atoms with Gasteiger partial charge in [-0.3, -0.25) is 4.68 Å². The summed E-state index contributed by atoms with van der Waals surface area (Å²) in [6.45, 7) is 2.03. The van der Waals surface area contributed by atoms with Gasteiger partial charge in [-0.15, -0.1) is 0 Å². The number of aliphatic hydroxyl groups is 1. The fourth-order valence-corrected chi connectivity index (χ4v) is 2.01. The standard InChI is InChI=1S/C10H16N2O/c1-8-6-11-12(7-8)9-4-2-3-5-10(9)13/h6-7,9-10,13H,2-5H2,1H3/t9-,10-/m0/s1. The van der Waals surface area contributed by atoms with Crippen LogP contribution in [0.2, 0.25) is 0 Å². The highest BCUT2D eigenvalue weighted by molar-refractivity contribution is 5.01. The molecule has 0 unspecified atom stereocenters. The van der Waals surface area contributed by atoms with Gasteiger partial charge < -0.3 is 5.11 Å². The number of nitrogens with zero attached hydrogens (tertiary/aromatic N) is 2. The first-order chi connectivity index (χ1) is 6.27. The van der Waals surface area contributed by atoms with E-state index >= 15 is 0 Å². The van der Waals surface area contributed by atoms with Crippen LogP contribution in [0.3, 0.4) is 0 Å². The zero-order valence-electron chi connectivity index (χ0n) is 7.98. The van der Waals surface area contributed by atoms with Crippen LogP contribution in [0, 0.1) is 6.92 Å². The number of rotatable bonds is 1. The normalized spacial score (nSPS) is 29.1. The minimum absolute atomic E-state index is 0.201. The lowest BCUT2D eigenvalue weighted by atomic mass is 9.93. The average molecular weight is 180 g/mol. The lowest BCUT2D eigenvalue weighted by molar-refractivity contribution is 0.0694. The third kappa shape index (κ3) is 1.75. The molecule has 0 saturated heterocycles. The molecule has 13 heavy (non-hydrogen) atoms. The van der Waals surface area contributed by atoms with Crippen LogP contribution in [0.15, 0.2) is 12.4 Å². The number of hydrogen-bond donors (Lipinski definition) is 1.